The second-order valence-electron chi connectivity index (χ2n) is 4.43. The summed E-state index contributed by atoms with van der Waals surface area (Å²) in [6.45, 7) is 0. The minimum atomic E-state index is -0.963. The molecular formula is C15H9Cl4N3O2. The minimum Gasteiger partial charge on any atom is -0.318 e. The van der Waals surface area contributed by atoms with Crippen LogP contribution in [-0.2, 0) is 9.59 Å². The first-order chi connectivity index (χ1) is 11.4. The molecule has 2 rings (SSSR count). The number of nitrogens with one attached hydrogen (secondary N) is 2. The van der Waals surface area contributed by atoms with Crippen molar-refractivity contribution in [3.05, 3.63) is 62.1 Å². The number of benzene rings is 2. The van der Waals surface area contributed by atoms with Crippen molar-refractivity contribution in [3.8, 4) is 0 Å². The quantitative estimate of drug-likeness (QED) is 0.452. The fraction of sp³-hybridized carbons (Fsp3) is 0. The molecule has 0 fully saturated rings. The van der Waals surface area contributed by atoms with Gasteiger partial charge in [0.1, 0.15) is 0 Å². The summed E-state index contributed by atoms with van der Waals surface area (Å²) in [5.41, 5.74) is 2.90. The third kappa shape index (κ3) is 4.85. The SMILES string of the molecule is O=C(N/N=C\c1cccc(Cl)c1Cl)C(=O)Nc1ccc(Cl)c(Cl)c1. The van der Waals surface area contributed by atoms with Gasteiger partial charge in [0, 0.05) is 11.3 Å². The van der Waals surface area contributed by atoms with Crippen LogP contribution in [0.25, 0.3) is 0 Å². The smallest absolute Gasteiger partial charge is 0.318 e. The number of rotatable bonds is 3. The van der Waals surface area contributed by atoms with Gasteiger partial charge in [-0.1, -0.05) is 58.5 Å². The first-order valence-electron chi connectivity index (χ1n) is 6.42. The van der Waals surface area contributed by atoms with E-state index >= 15 is 0 Å². The molecule has 0 saturated carbocycles. The number of carbonyl (C=O) groups is 2. The van der Waals surface area contributed by atoms with E-state index in [-0.39, 0.29) is 10.0 Å². The number of nitrogens with zero attached hydrogens (tertiary/aromatic N) is 1. The predicted molar refractivity (Wildman–Crippen MR) is 97.3 cm³/mol. The van der Waals surface area contributed by atoms with Crippen LogP contribution in [0.3, 0.4) is 0 Å². The lowest BCUT2D eigenvalue weighted by atomic mass is 10.2. The van der Waals surface area contributed by atoms with Gasteiger partial charge in [-0.3, -0.25) is 9.59 Å². The summed E-state index contributed by atoms with van der Waals surface area (Å²) in [5.74, 6) is -1.88. The molecule has 24 heavy (non-hydrogen) atoms. The number of halogens is 4. The molecule has 0 aliphatic heterocycles. The normalized spacial score (nSPS) is 10.7. The predicted octanol–water partition coefficient (Wildman–Crippen LogP) is 4.39. The number of carbonyl (C=O) groups excluding carboxylic acids is 2. The Morgan fingerprint density at radius 3 is 2.38 bits per heavy atom. The average molecular weight is 405 g/mol. The van der Waals surface area contributed by atoms with E-state index in [0.717, 1.165) is 0 Å². The molecule has 0 saturated heterocycles. The molecule has 5 nitrogen and oxygen atoms in total. The van der Waals surface area contributed by atoms with Gasteiger partial charge in [0.15, 0.2) is 0 Å². The van der Waals surface area contributed by atoms with Crippen LogP contribution in [0.1, 0.15) is 5.56 Å². The Balaban J connectivity index is 1.96. The Kier molecular flexibility index (Phi) is 6.45. The molecule has 0 unspecified atom stereocenters. The Bertz CT molecular complexity index is 824. The Labute approximate surface area is 157 Å². The Hall–Kier alpha value is -1.79. The maximum atomic E-state index is 11.8. The van der Waals surface area contributed by atoms with Crippen LogP contribution in [0.15, 0.2) is 41.5 Å². The van der Waals surface area contributed by atoms with Crippen molar-refractivity contribution in [1.82, 2.24) is 5.43 Å². The van der Waals surface area contributed by atoms with E-state index in [4.69, 9.17) is 46.4 Å². The van der Waals surface area contributed by atoms with Crippen molar-refractivity contribution in [3.63, 3.8) is 0 Å². The maximum absolute atomic E-state index is 11.8. The molecule has 0 bridgehead atoms. The number of hydrazone groups is 1. The van der Waals surface area contributed by atoms with Gasteiger partial charge in [-0.15, -0.1) is 0 Å². The van der Waals surface area contributed by atoms with Crippen molar-refractivity contribution < 1.29 is 9.59 Å². The Morgan fingerprint density at radius 1 is 0.917 bits per heavy atom. The molecule has 2 aromatic carbocycles. The summed E-state index contributed by atoms with van der Waals surface area (Å²) < 4.78 is 0. The highest BCUT2D eigenvalue weighted by atomic mass is 35.5. The lowest BCUT2D eigenvalue weighted by Crippen LogP contribution is -2.32. The van der Waals surface area contributed by atoms with Crippen LogP contribution < -0.4 is 10.7 Å². The van der Waals surface area contributed by atoms with Crippen molar-refractivity contribution in [2.75, 3.05) is 5.32 Å². The van der Waals surface area contributed by atoms with E-state index in [9.17, 15) is 9.59 Å². The van der Waals surface area contributed by atoms with Crippen molar-refractivity contribution in [1.29, 1.82) is 0 Å². The lowest BCUT2D eigenvalue weighted by molar-refractivity contribution is -0.136. The summed E-state index contributed by atoms with van der Waals surface area (Å²) in [6.07, 6.45) is 1.28. The molecule has 0 heterocycles. The minimum absolute atomic E-state index is 0.253. The molecule has 0 atom stereocenters. The summed E-state index contributed by atoms with van der Waals surface area (Å²) in [6, 6.07) is 9.37. The van der Waals surface area contributed by atoms with Crippen molar-refractivity contribution in [2.24, 2.45) is 5.10 Å². The standard InChI is InChI=1S/C15H9Cl4N3O2/c16-10-5-4-9(6-12(10)18)21-14(23)15(24)22-20-7-8-2-1-3-11(17)13(8)19/h1-7H,(H,21,23)(H,22,24)/b20-7-. The lowest BCUT2D eigenvalue weighted by Gasteiger charge is -2.05. The third-order valence-electron chi connectivity index (χ3n) is 2.73. The fourth-order valence-corrected chi connectivity index (χ4v) is 2.25. The number of amides is 2. The summed E-state index contributed by atoms with van der Waals surface area (Å²) in [7, 11) is 0. The molecular weight excluding hydrogens is 396 g/mol. The van der Waals surface area contributed by atoms with E-state index in [1.165, 1.54) is 24.4 Å². The summed E-state index contributed by atoms with van der Waals surface area (Å²) >= 11 is 23.4. The van der Waals surface area contributed by atoms with Gasteiger partial charge < -0.3 is 5.32 Å². The van der Waals surface area contributed by atoms with Gasteiger partial charge in [-0.2, -0.15) is 5.10 Å². The molecule has 0 radical (unpaired) electrons. The van der Waals surface area contributed by atoms with E-state index in [1.54, 1.807) is 18.2 Å². The highest BCUT2D eigenvalue weighted by molar-refractivity contribution is 6.44. The zero-order valence-corrected chi connectivity index (χ0v) is 14.8. The second kappa shape index (κ2) is 8.35. The molecule has 9 heteroatoms. The van der Waals surface area contributed by atoms with Gasteiger partial charge in [0.25, 0.3) is 0 Å². The van der Waals surface area contributed by atoms with Crippen LogP contribution in [0.2, 0.25) is 20.1 Å². The van der Waals surface area contributed by atoms with Crippen molar-refractivity contribution >= 4 is 70.1 Å². The molecule has 2 N–H and O–H groups in total. The van der Waals surface area contributed by atoms with E-state index < -0.39 is 11.8 Å². The number of anilines is 1. The van der Waals surface area contributed by atoms with Gasteiger partial charge in [-0.05, 0) is 24.3 Å². The first kappa shape index (κ1) is 18.5. The zero-order valence-electron chi connectivity index (χ0n) is 11.8. The van der Waals surface area contributed by atoms with Crippen LogP contribution in [0.4, 0.5) is 5.69 Å². The second-order valence-corrected chi connectivity index (χ2v) is 6.02. The van der Waals surface area contributed by atoms with Crippen LogP contribution >= 0.6 is 46.4 Å². The molecule has 124 valence electrons. The van der Waals surface area contributed by atoms with Gasteiger partial charge in [-0.25, -0.2) is 5.43 Å². The molecule has 2 amide bonds. The van der Waals surface area contributed by atoms with Crippen LogP contribution in [-0.4, -0.2) is 18.0 Å². The molecule has 2 aromatic rings. The molecule has 0 aromatic heterocycles. The van der Waals surface area contributed by atoms with E-state index in [0.29, 0.717) is 21.3 Å². The highest BCUT2D eigenvalue weighted by Crippen LogP contribution is 2.25. The molecule has 0 aliphatic carbocycles. The molecule has 0 spiro atoms. The zero-order chi connectivity index (χ0) is 17.7. The number of hydrogen-bond donors (Lipinski definition) is 2. The first-order valence-corrected chi connectivity index (χ1v) is 7.93. The largest absolute Gasteiger partial charge is 0.329 e. The highest BCUT2D eigenvalue weighted by Gasteiger charge is 2.13. The molecule has 0 aliphatic rings. The summed E-state index contributed by atoms with van der Waals surface area (Å²) in [5, 5.41) is 7.26. The van der Waals surface area contributed by atoms with Crippen LogP contribution in [0.5, 0.6) is 0 Å². The van der Waals surface area contributed by atoms with Gasteiger partial charge in [0.2, 0.25) is 0 Å². The van der Waals surface area contributed by atoms with E-state index in [2.05, 4.69) is 15.8 Å². The van der Waals surface area contributed by atoms with Crippen molar-refractivity contribution in [2.45, 2.75) is 0 Å². The maximum Gasteiger partial charge on any atom is 0.329 e. The Morgan fingerprint density at radius 2 is 1.67 bits per heavy atom. The van der Waals surface area contributed by atoms with Gasteiger partial charge in [0.05, 0.1) is 26.3 Å². The topological polar surface area (TPSA) is 70.6 Å². The average Bonchev–Trinajstić information content (AvgIpc) is 2.54. The number of hydrogen-bond acceptors (Lipinski definition) is 3. The third-order valence-corrected chi connectivity index (χ3v) is 4.31. The fourth-order valence-electron chi connectivity index (χ4n) is 1.59. The van der Waals surface area contributed by atoms with E-state index in [1.807, 2.05) is 0 Å². The monoisotopic (exact) mass is 403 g/mol. The van der Waals surface area contributed by atoms with Gasteiger partial charge >= 0.3 is 11.8 Å². The van der Waals surface area contributed by atoms with Crippen LogP contribution in [0, 0.1) is 0 Å². The summed E-state index contributed by atoms with van der Waals surface area (Å²) in [4.78, 5) is 23.4.